The quantitative estimate of drug-likeness (QED) is 0.0222. The number of aliphatic hydroxyl groups is 1. The van der Waals surface area contributed by atoms with Gasteiger partial charge in [-0.25, -0.2) is 9.13 Å². The molecule has 0 rings (SSSR count). The van der Waals surface area contributed by atoms with Crippen molar-refractivity contribution in [3.63, 3.8) is 0 Å². The summed E-state index contributed by atoms with van der Waals surface area (Å²) in [4.78, 5) is 71.9. The molecule has 0 aliphatic carbocycles. The number of unbranched alkanes of at least 4 members (excludes halogenated alkanes) is 25. The first kappa shape index (κ1) is 77.1. The Morgan fingerprint density at radius 3 is 0.962 bits per heavy atom. The number of rotatable bonds is 58. The topological polar surface area (TPSA) is 237 Å². The Labute approximate surface area is 479 Å². The predicted molar refractivity (Wildman–Crippen MR) is 312 cm³/mol. The first-order valence-electron chi connectivity index (χ1n) is 31.4. The zero-order valence-corrected chi connectivity index (χ0v) is 52.6. The average molecular weight is 1170 g/mol. The number of ether oxygens (including phenoxy) is 4. The van der Waals surface area contributed by atoms with Crippen LogP contribution in [0.1, 0.15) is 286 Å². The van der Waals surface area contributed by atoms with Gasteiger partial charge in [-0.05, 0) is 43.4 Å². The number of esters is 4. The van der Waals surface area contributed by atoms with Gasteiger partial charge in [-0.3, -0.25) is 37.3 Å². The van der Waals surface area contributed by atoms with Crippen LogP contribution in [0.25, 0.3) is 0 Å². The lowest BCUT2D eigenvalue weighted by molar-refractivity contribution is -0.161. The number of aliphatic hydroxyl groups excluding tert-OH is 1. The molecule has 3 N–H and O–H groups in total. The van der Waals surface area contributed by atoms with E-state index in [2.05, 4.69) is 48.5 Å². The molecule has 0 fully saturated rings. The molecule has 0 saturated heterocycles. The molecule has 0 heterocycles. The van der Waals surface area contributed by atoms with Crippen LogP contribution >= 0.6 is 15.6 Å². The van der Waals surface area contributed by atoms with Crippen molar-refractivity contribution in [3.05, 3.63) is 0 Å². The van der Waals surface area contributed by atoms with E-state index in [1.165, 1.54) is 77.0 Å². The summed E-state index contributed by atoms with van der Waals surface area (Å²) in [6, 6.07) is 0. The molecule has 0 aromatic heterocycles. The number of phosphoric acid groups is 2. The molecule has 3 unspecified atom stereocenters. The molecular weight excluding hydrogens is 1050 g/mol. The number of hydrogen-bond donors (Lipinski definition) is 3. The molecular formula is C60H116O17P2. The van der Waals surface area contributed by atoms with Gasteiger partial charge >= 0.3 is 39.5 Å². The second-order valence-electron chi connectivity index (χ2n) is 22.9. The minimum absolute atomic E-state index is 0.102. The maximum absolute atomic E-state index is 12.9. The molecule has 0 aliphatic rings. The lowest BCUT2D eigenvalue weighted by Crippen LogP contribution is -2.30. The molecule has 0 aromatic rings. The fourth-order valence-electron chi connectivity index (χ4n) is 8.74. The summed E-state index contributed by atoms with van der Waals surface area (Å²) < 4.78 is 67.7. The highest BCUT2D eigenvalue weighted by Crippen LogP contribution is 2.45. The summed E-state index contributed by atoms with van der Waals surface area (Å²) in [6.07, 6.45) is 31.0. The van der Waals surface area contributed by atoms with Crippen molar-refractivity contribution in [2.45, 2.75) is 304 Å². The van der Waals surface area contributed by atoms with E-state index in [1.807, 2.05) is 0 Å². The van der Waals surface area contributed by atoms with Gasteiger partial charge in [0.05, 0.1) is 26.4 Å². The minimum Gasteiger partial charge on any atom is -0.462 e. The van der Waals surface area contributed by atoms with Crippen molar-refractivity contribution in [2.75, 3.05) is 39.6 Å². The van der Waals surface area contributed by atoms with E-state index >= 15 is 0 Å². The highest BCUT2D eigenvalue weighted by molar-refractivity contribution is 7.47. The van der Waals surface area contributed by atoms with Crippen LogP contribution in [0.2, 0.25) is 0 Å². The summed E-state index contributed by atoms with van der Waals surface area (Å²) in [5.41, 5.74) is 0. The zero-order chi connectivity index (χ0) is 58.8. The number of carbonyl (C=O) groups excluding carboxylic acids is 4. The molecule has 0 amide bonds. The van der Waals surface area contributed by atoms with Gasteiger partial charge in [-0.2, -0.15) is 0 Å². The van der Waals surface area contributed by atoms with Gasteiger partial charge in [0.1, 0.15) is 19.3 Å². The van der Waals surface area contributed by atoms with Gasteiger partial charge in [0.15, 0.2) is 12.2 Å². The van der Waals surface area contributed by atoms with Crippen LogP contribution in [0.5, 0.6) is 0 Å². The lowest BCUT2D eigenvalue weighted by atomic mass is 9.99. The van der Waals surface area contributed by atoms with E-state index in [-0.39, 0.29) is 25.7 Å². The van der Waals surface area contributed by atoms with Crippen LogP contribution in [0.4, 0.5) is 0 Å². The standard InChI is InChI=1S/C60H116O17P2/c1-8-10-11-12-17-27-34-41-57(62)70-47-55(77-60(65)44-37-30-23-16-19-25-32-39-52(5)6)49-74-78(66,67)72-45-54(61)46-73-79(68,69)75-50-56(48-71-58(63)42-35-28-22-15-18-24-31-38-51(3)4)76-59(64)43-36-29-21-14-13-20-26-33-40-53(7)9-2/h51-56,61H,8-50H2,1-7H3,(H,66,67)(H,68,69)/t53?,54-,55+,56+/m0/s1. The Morgan fingerprint density at radius 1 is 0.367 bits per heavy atom. The third-order valence-corrected chi connectivity index (χ3v) is 15.9. The minimum atomic E-state index is -4.94. The average Bonchev–Trinajstić information content (AvgIpc) is 3.40. The van der Waals surface area contributed by atoms with Crippen molar-refractivity contribution in [2.24, 2.45) is 17.8 Å². The van der Waals surface area contributed by atoms with Gasteiger partial charge < -0.3 is 33.8 Å². The molecule has 6 atom stereocenters. The van der Waals surface area contributed by atoms with Gasteiger partial charge in [-0.15, -0.1) is 0 Å². The Balaban J connectivity index is 5.23. The van der Waals surface area contributed by atoms with Gasteiger partial charge in [-0.1, -0.05) is 235 Å². The Kier molecular flexibility index (Phi) is 50.4. The van der Waals surface area contributed by atoms with E-state index in [1.54, 1.807) is 0 Å². The summed E-state index contributed by atoms with van der Waals surface area (Å²) in [5, 5.41) is 10.5. The maximum Gasteiger partial charge on any atom is 0.472 e. The molecule has 0 aliphatic heterocycles. The fraction of sp³-hybridized carbons (Fsp3) is 0.933. The molecule has 0 spiro atoms. The fourth-order valence-corrected chi connectivity index (χ4v) is 10.3. The highest BCUT2D eigenvalue weighted by atomic mass is 31.2. The Bertz CT molecular complexity index is 1580. The van der Waals surface area contributed by atoms with Crippen LogP contribution in [0, 0.1) is 17.8 Å². The van der Waals surface area contributed by atoms with Crippen LogP contribution in [-0.2, 0) is 65.4 Å². The smallest absolute Gasteiger partial charge is 0.462 e. The number of hydrogen-bond acceptors (Lipinski definition) is 15. The monoisotopic (exact) mass is 1170 g/mol. The van der Waals surface area contributed by atoms with E-state index < -0.39 is 97.5 Å². The predicted octanol–water partition coefficient (Wildman–Crippen LogP) is 15.9. The first-order valence-corrected chi connectivity index (χ1v) is 34.4. The van der Waals surface area contributed by atoms with Crippen LogP contribution in [-0.4, -0.2) is 96.7 Å². The second-order valence-corrected chi connectivity index (χ2v) is 25.8. The van der Waals surface area contributed by atoms with Crippen molar-refractivity contribution >= 4 is 39.5 Å². The van der Waals surface area contributed by atoms with E-state index in [9.17, 15) is 43.2 Å². The Morgan fingerprint density at radius 2 is 0.646 bits per heavy atom. The normalized spacial score (nSPS) is 14.8. The highest BCUT2D eigenvalue weighted by Gasteiger charge is 2.30. The molecule has 0 bridgehead atoms. The van der Waals surface area contributed by atoms with E-state index in [0.717, 1.165) is 115 Å². The van der Waals surface area contributed by atoms with Crippen LogP contribution < -0.4 is 0 Å². The third-order valence-electron chi connectivity index (χ3n) is 14.0. The van der Waals surface area contributed by atoms with Gasteiger partial charge in [0.2, 0.25) is 0 Å². The number of phosphoric ester groups is 2. The van der Waals surface area contributed by atoms with Crippen LogP contribution in [0.15, 0.2) is 0 Å². The second kappa shape index (κ2) is 51.7. The molecule has 79 heavy (non-hydrogen) atoms. The molecule has 0 saturated carbocycles. The summed E-state index contributed by atoms with van der Waals surface area (Å²) in [5.74, 6) is 0.0212. The summed E-state index contributed by atoms with van der Waals surface area (Å²) in [6.45, 7) is 11.6. The maximum atomic E-state index is 12.9. The number of carbonyl (C=O) groups is 4. The SMILES string of the molecule is CCCCCCCCCC(=O)OC[C@H](COP(=O)(O)OC[C@H](O)COP(=O)(O)OC[C@@H](COC(=O)CCCCCCCCCC(C)C)OC(=O)CCCCCCCCCCC(C)CC)OC(=O)CCCCCCCCCC(C)C. The largest absolute Gasteiger partial charge is 0.472 e. The van der Waals surface area contributed by atoms with Crippen LogP contribution in [0.3, 0.4) is 0 Å². The summed E-state index contributed by atoms with van der Waals surface area (Å²) in [7, 11) is -9.88. The van der Waals surface area contributed by atoms with Gasteiger partial charge in [0, 0.05) is 25.7 Å². The van der Waals surface area contributed by atoms with Crippen molar-refractivity contribution in [1.29, 1.82) is 0 Å². The molecule has 19 heteroatoms. The zero-order valence-electron chi connectivity index (χ0n) is 50.8. The van der Waals surface area contributed by atoms with E-state index in [4.69, 9.17) is 37.0 Å². The first-order chi connectivity index (χ1) is 37.8. The van der Waals surface area contributed by atoms with Crippen molar-refractivity contribution in [3.8, 4) is 0 Å². The Hall–Kier alpha value is -1.94. The molecule has 0 aromatic carbocycles. The van der Waals surface area contributed by atoms with Crippen molar-refractivity contribution < 1.29 is 80.2 Å². The third kappa shape index (κ3) is 53.8. The van der Waals surface area contributed by atoms with Gasteiger partial charge in [0.25, 0.3) is 0 Å². The molecule has 468 valence electrons. The summed E-state index contributed by atoms with van der Waals surface area (Å²) >= 11 is 0. The van der Waals surface area contributed by atoms with Crippen molar-refractivity contribution in [1.82, 2.24) is 0 Å². The van der Waals surface area contributed by atoms with E-state index in [0.29, 0.717) is 37.5 Å². The molecule has 0 radical (unpaired) electrons. The lowest BCUT2D eigenvalue weighted by Gasteiger charge is -2.21. The molecule has 17 nitrogen and oxygen atoms in total.